The summed E-state index contributed by atoms with van der Waals surface area (Å²) in [5.41, 5.74) is 3.82. The normalized spacial score (nSPS) is 15.5. The van der Waals surface area contributed by atoms with Crippen molar-refractivity contribution in [1.82, 2.24) is 5.01 Å². The van der Waals surface area contributed by atoms with Crippen LogP contribution in [0.15, 0.2) is 28.7 Å². The minimum Gasteiger partial charge on any atom is -0.446 e. The first-order valence-corrected chi connectivity index (χ1v) is 5.01. The summed E-state index contributed by atoms with van der Waals surface area (Å²) in [4.78, 5) is 11.1. The van der Waals surface area contributed by atoms with E-state index < -0.39 is 0 Å². The molecule has 2 rings (SSSR count). The van der Waals surface area contributed by atoms with Gasteiger partial charge >= 0.3 is 6.09 Å². The quantitative estimate of drug-likeness (QED) is 0.883. The van der Waals surface area contributed by atoms with Crippen molar-refractivity contribution in [3.63, 3.8) is 0 Å². The molecule has 0 saturated carbocycles. The second-order valence-corrected chi connectivity index (χ2v) is 3.80. The molecule has 74 valence electrons. The molecule has 0 radical (unpaired) electrons. The lowest BCUT2D eigenvalue weighted by molar-refractivity contribution is 0.163. The van der Waals surface area contributed by atoms with E-state index in [1.165, 1.54) is 5.01 Å². The number of benzene rings is 1. The molecule has 0 aliphatic carbocycles. The Morgan fingerprint density at radius 3 is 2.64 bits per heavy atom. The van der Waals surface area contributed by atoms with Gasteiger partial charge in [0.05, 0.1) is 12.2 Å². The molecule has 4 nitrogen and oxygen atoms in total. The number of hydrazine groups is 1. The van der Waals surface area contributed by atoms with Crippen molar-refractivity contribution < 1.29 is 9.53 Å². The van der Waals surface area contributed by atoms with Crippen molar-refractivity contribution in [2.24, 2.45) is 0 Å². The van der Waals surface area contributed by atoms with Crippen molar-refractivity contribution in [3.05, 3.63) is 28.7 Å². The number of nitrogens with zero attached hydrogens (tertiary/aromatic N) is 1. The number of carbonyl (C=O) groups excluding carboxylic acids is 1. The molecule has 1 aliphatic rings. The summed E-state index contributed by atoms with van der Waals surface area (Å²) in [5.74, 6) is 0. The fourth-order valence-electron chi connectivity index (χ4n) is 1.18. The minimum atomic E-state index is -0.326. The molecular weight excluding hydrogens is 248 g/mol. The van der Waals surface area contributed by atoms with Crippen molar-refractivity contribution in [2.45, 2.75) is 0 Å². The monoisotopic (exact) mass is 256 g/mol. The number of nitrogens with one attached hydrogen (secondary N) is 1. The van der Waals surface area contributed by atoms with Gasteiger partial charge in [0.15, 0.2) is 0 Å². The molecule has 0 spiro atoms. The third-order valence-electron chi connectivity index (χ3n) is 1.87. The SMILES string of the molecule is O=C1OCCN1Nc1ccc(Br)cc1. The summed E-state index contributed by atoms with van der Waals surface area (Å²) in [6.45, 7) is 1.03. The largest absolute Gasteiger partial charge is 0.446 e. The average Bonchev–Trinajstić information content (AvgIpc) is 2.56. The lowest BCUT2D eigenvalue weighted by Gasteiger charge is -2.15. The highest BCUT2D eigenvalue weighted by Crippen LogP contribution is 2.15. The average molecular weight is 257 g/mol. The van der Waals surface area contributed by atoms with Gasteiger partial charge in [-0.25, -0.2) is 9.80 Å². The molecule has 5 heteroatoms. The van der Waals surface area contributed by atoms with Gasteiger partial charge in [-0.1, -0.05) is 15.9 Å². The number of ether oxygens (including phenoxy) is 1. The van der Waals surface area contributed by atoms with E-state index in [-0.39, 0.29) is 6.09 Å². The van der Waals surface area contributed by atoms with Gasteiger partial charge in [-0.05, 0) is 24.3 Å². The van der Waals surface area contributed by atoms with Crippen LogP contribution in [0.4, 0.5) is 10.5 Å². The molecule has 1 aromatic rings. The van der Waals surface area contributed by atoms with Crippen LogP contribution in [0, 0.1) is 0 Å². The van der Waals surface area contributed by atoms with Gasteiger partial charge in [0.25, 0.3) is 0 Å². The maximum atomic E-state index is 11.1. The summed E-state index contributed by atoms with van der Waals surface area (Å²) in [7, 11) is 0. The van der Waals surface area contributed by atoms with E-state index in [0.29, 0.717) is 13.2 Å². The summed E-state index contributed by atoms with van der Waals surface area (Å²) in [6, 6.07) is 7.58. The first-order valence-electron chi connectivity index (χ1n) is 4.22. The van der Waals surface area contributed by atoms with Gasteiger partial charge in [-0.3, -0.25) is 5.43 Å². The third kappa shape index (κ3) is 1.98. The van der Waals surface area contributed by atoms with Crippen LogP contribution in [0.3, 0.4) is 0 Å². The summed E-state index contributed by atoms with van der Waals surface area (Å²) in [6.07, 6.45) is -0.326. The Kier molecular flexibility index (Phi) is 2.58. The fraction of sp³-hybridized carbons (Fsp3) is 0.222. The molecule has 1 aliphatic heterocycles. The van der Waals surface area contributed by atoms with E-state index in [9.17, 15) is 4.79 Å². The van der Waals surface area contributed by atoms with Crippen molar-refractivity contribution in [2.75, 3.05) is 18.6 Å². The Bertz CT molecular complexity index is 339. The summed E-state index contributed by atoms with van der Waals surface area (Å²) >= 11 is 3.34. The first kappa shape index (κ1) is 9.33. The molecule has 1 N–H and O–H groups in total. The number of hydrogen-bond acceptors (Lipinski definition) is 3. The Balaban J connectivity index is 2.03. The van der Waals surface area contributed by atoms with E-state index in [0.717, 1.165) is 10.2 Å². The number of cyclic esters (lactones) is 1. The van der Waals surface area contributed by atoms with Gasteiger partial charge in [0.2, 0.25) is 0 Å². The number of carbonyl (C=O) groups is 1. The molecule has 0 unspecified atom stereocenters. The topological polar surface area (TPSA) is 41.6 Å². The zero-order valence-electron chi connectivity index (χ0n) is 7.37. The van der Waals surface area contributed by atoms with Crippen LogP contribution in [0.5, 0.6) is 0 Å². The van der Waals surface area contributed by atoms with Crippen LogP contribution in [0.1, 0.15) is 0 Å². The molecule has 1 heterocycles. The van der Waals surface area contributed by atoms with Gasteiger partial charge in [-0.2, -0.15) is 0 Å². The summed E-state index contributed by atoms with van der Waals surface area (Å²) in [5, 5.41) is 1.45. The molecule has 1 aromatic carbocycles. The molecule has 1 amide bonds. The molecule has 1 fully saturated rings. The van der Waals surface area contributed by atoms with E-state index >= 15 is 0 Å². The van der Waals surface area contributed by atoms with Gasteiger partial charge in [-0.15, -0.1) is 0 Å². The summed E-state index contributed by atoms with van der Waals surface area (Å²) < 4.78 is 5.78. The number of hydrogen-bond donors (Lipinski definition) is 1. The van der Waals surface area contributed by atoms with E-state index in [1.54, 1.807) is 0 Å². The van der Waals surface area contributed by atoms with Crippen LogP contribution in [-0.4, -0.2) is 24.3 Å². The highest BCUT2D eigenvalue weighted by Gasteiger charge is 2.21. The number of anilines is 1. The smallest absolute Gasteiger partial charge is 0.428 e. The lowest BCUT2D eigenvalue weighted by atomic mass is 10.3. The predicted octanol–water partition coefficient (Wildman–Crippen LogP) is 2.23. The Morgan fingerprint density at radius 1 is 1.36 bits per heavy atom. The molecule has 1 saturated heterocycles. The highest BCUT2D eigenvalue weighted by molar-refractivity contribution is 9.10. The molecule has 0 aromatic heterocycles. The molecule has 14 heavy (non-hydrogen) atoms. The highest BCUT2D eigenvalue weighted by atomic mass is 79.9. The van der Waals surface area contributed by atoms with E-state index in [1.807, 2.05) is 24.3 Å². The van der Waals surface area contributed by atoms with Crippen molar-refractivity contribution in [3.8, 4) is 0 Å². The predicted molar refractivity (Wildman–Crippen MR) is 55.8 cm³/mol. The van der Waals surface area contributed by atoms with E-state index in [2.05, 4.69) is 21.4 Å². The molecular formula is C9H9BrN2O2. The van der Waals surface area contributed by atoms with Gasteiger partial charge in [0.1, 0.15) is 6.61 Å². The number of amides is 1. The zero-order chi connectivity index (χ0) is 9.97. The fourth-order valence-corrected chi connectivity index (χ4v) is 1.44. The van der Waals surface area contributed by atoms with Crippen LogP contribution in [-0.2, 0) is 4.74 Å². The van der Waals surface area contributed by atoms with Crippen LogP contribution in [0.25, 0.3) is 0 Å². The van der Waals surface area contributed by atoms with E-state index in [4.69, 9.17) is 4.74 Å². The van der Waals surface area contributed by atoms with Crippen LogP contribution in [0.2, 0.25) is 0 Å². The second kappa shape index (κ2) is 3.88. The zero-order valence-corrected chi connectivity index (χ0v) is 8.95. The Hall–Kier alpha value is -1.23. The maximum Gasteiger partial charge on any atom is 0.428 e. The minimum absolute atomic E-state index is 0.326. The van der Waals surface area contributed by atoms with Crippen molar-refractivity contribution >= 4 is 27.7 Å². The number of rotatable bonds is 2. The molecule has 0 bridgehead atoms. The Labute approximate surface area is 89.9 Å². The van der Waals surface area contributed by atoms with Crippen molar-refractivity contribution in [1.29, 1.82) is 0 Å². The van der Waals surface area contributed by atoms with Crippen LogP contribution < -0.4 is 5.43 Å². The Morgan fingerprint density at radius 2 is 2.07 bits per heavy atom. The number of halogens is 1. The molecule has 0 atom stereocenters. The van der Waals surface area contributed by atoms with Gasteiger partial charge in [0, 0.05) is 4.47 Å². The first-order chi connectivity index (χ1) is 6.75. The van der Waals surface area contributed by atoms with Gasteiger partial charge < -0.3 is 4.74 Å². The maximum absolute atomic E-state index is 11.1. The standard InChI is InChI=1S/C9H9BrN2O2/c10-7-1-3-8(4-2-7)11-12-5-6-14-9(12)13/h1-4,11H,5-6H2. The second-order valence-electron chi connectivity index (χ2n) is 2.88. The lowest BCUT2D eigenvalue weighted by Crippen LogP contribution is -2.30. The van der Waals surface area contributed by atoms with Crippen LogP contribution >= 0.6 is 15.9 Å². The third-order valence-corrected chi connectivity index (χ3v) is 2.40.